The van der Waals surface area contributed by atoms with E-state index in [1.54, 1.807) is 0 Å². The van der Waals surface area contributed by atoms with Crippen LogP contribution in [-0.4, -0.2) is 29.6 Å². The monoisotopic (exact) mass is 292 g/mol. The lowest BCUT2D eigenvalue weighted by molar-refractivity contribution is -0.136. The van der Waals surface area contributed by atoms with Gasteiger partial charge in [0.15, 0.2) is 0 Å². The highest BCUT2D eigenvalue weighted by Crippen LogP contribution is 2.19. The number of carbonyl (C=O) groups excluding carboxylic acids is 1. The highest BCUT2D eigenvalue weighted by molar-refractivity contribution is 5.97. The molecule has 0 aliphatic rings. The minimum absolute atomic E-state index is 0.0512. The second-order valence-corrected chi connectivity index (χ2v) is 5.38. The molecule has 5 nitrogen and oxygen atoms in total. The van der Waals surface area contributed by atoms with E-state index in [4.69, 9.17) is 10.8 Å². The van der Waals surface area contributed by atoms with Crippen molar-refractivity contribution in [2.24, 2.45) is 11.7 Å². The van der Waals surface area contributed by atoms with Gasteiger partial charge >= 0.3 is 5.97 Å². The van der Waals surface area contributed by atoms with E-state index in [2.05, 4.69) is 0 Å². The summed E-state index contributed by atoms with van der Waals surface area (Å²) in [5, 5.41) is 8.86. The van der Waals surface area contributed by atoms with E-state index in [0.717, 1.165) is 12.0 Å². The molecule has 0 aliphatic heterocycles. The van der Waals surface area contributed by atoms with Crippen LogP contribution in [0.4, 0.5) is 5.69 Å². The minimum atomic E-state index is -0.933. The number of carboxylic acid groups (broad SMARTS) is 1. The van der Waals surface area contributed by atoms with E-state index in [9.17, 15) is 9.59 Å². The topological polar surface area (TPSA) is 83.6 Å². The highest BCUT2D eigenvalue weighted by atomic mass is 16.4. The van der Waals surface area contributed by atoms with Crippen molar-refractivity contribution in [1.29, 1.82) is 0 Å². The maximum atomic E-state index is 12.5. The molecule has 0 spiro atoms. The van der Waals surface area contributed by atoms with Gasteiger partial charge in [-0.1, -0.05) is 38.0 Å². The van der Waals surface area contributed by atoms with Crippen molar-refractivity contribution in [3.63, 3.8) is 0 Å². The number of hydrogen-bond donors (Lipinski definition) is 2. The van der Waals surface area contributed by atoms with Gasteiger partial charge in [0.2, 0.25) is 5.91 Å². The molecular weight excluding hydrogens is 268 g/mol. The number of benzene rings is 1. The molecular formula is C16H24N2O3. The predicted molar refractivity (Wildman–Crippen MR) is 83.2 cm³/mol. The zero-order valence-corrected chi connectivity index (χ0v) is 12.9. The number of carboxylic acids is 1. The lowest BCUT2D eigenvalue weighted by Gasteiger charge is -2.28. The third kappa shape index (κ3) is 4.86. The Hall–Kier alpha value is -1.88. The summed E-state index contributed by atoms with van der Waals surface area (Å²) in [6.45, 7) is 5.98. The zero-order chi connectivity index (χ0) is 16.0. The molecule has 0 saturated heterocycles. The van der Waals surface area contributed by atoms with Gasteiger partial charge in [0.25, 0.3) is 0 Å². The fourth-order valence-corrected chi connectivity index (χ4v) is 1.98. The van der Waals surface area contributed by atoms with Crippen LogP contribution in [0.3, 0.4) is 0 Å². The van der Waals surface area contributed by atoms with Crippen molar-refractivity contribution in [2.45, 2.75) is 39.7 Å². The molecule has 0 aromatic heterocycles. The first-order valence-electron chi connectivity index (χ1n) is 7.22. The predicted octanol–water partition coefficient (Wildman–Crippen LogP) is 2.18. The standard InChI is InChI=1S/C16H24N2O3/c1-4-12(3)15(17)16(21)18(10-9-14(19)20)13-7-5-11(2)6-8-13/h5-8,12,15H,4,9-10,17H2,1-3H3,(H,19,20)/t12-,15-/m0/s1. The Morgan fingerprint density at radius 1 is 1.29 bits per heavy atom. The third-order valence-electron chi connectivity index (χ3n) is 3.70. The number of carbonyl (C=O) groups is 2. The number of anilines is 1. The Morgan fingerprint density at radius 3 is 2.33 bits per heavy atom. The van der Waals surface area contributed by atoms with Crippen molar-refractivity contribution in [3.8, 4) is 0 Å². The van der Waals surface area contributed by atoms with E-state index in [1.807, 2.05) is 45.0 Å². The van der Waals surface area contributed by atoms with Gasteiger partial charge in [0, 0.05) is 12.2 Å². The van der Waals surface area contributed by atoms with E-state index in [-0.39, 0.29) is 24.8 Å². The third-order valence-corrected chi connectivity index (χ3v) is 3.70. The molecule has 0 radical (unpaired) electrons. The molecule has 0 bridgehead atoms. The Kier molecular flexibility index (Phi) is 6.37. The highest BCUT2D eigenvalue weighted by Gasteiger charge is 2.26. The molecule has 0 saturated carbocycles. The van der Waals surface area contributed by atoms with Gasteiger partial charge < -0.3 is 15.7 Å². The SMILES string of the molecule is CC[C@H](C)[C@H](N)C(=O)N(CCC(=O)O)c1ccc(C)cc1. The minimum Gasteiger partial charge on any atom is -0.481 e. The fraction of sp³-hybridized carbons (Fsp3) is 0.500. The second kappa shape index (κ2) is 7.78. The first-order valence-corrected chi connectivity index (χ1v) is 7.22. The van der Waals surface area contributed by atoms with Gasteiger partial charge in [-0.3, -0.25) is 9.59 Å². The Labute approximate surface area is 125 Å². The maximum Gasteiger partial charge on any atom is 0.305 e. The van der Waals surface area contributed by atoms with E-state index < -0.39 is 12.0 Å². The molecule has 3 N–H and O–H groups in total. The number of rotatable bonds is 7. The average molecular weight is 292 g/mol. The molecule has 21 heavy (non-hydrogen) atoms. The first-order chi connectivity index (χ1) is 9.86. The normalized spacial score (nSPS) is 13.5. The van der Waals surface area contributed by atoms with Crippen molar-refractivity contribution in [2.75, 3.05) is 11.4 Å². The molecule has 1 aromatic rings. The molecule has 2 atom stereocenters. The maximum absolute atomic E-state index is 12.5. The fourth-order valence-electron chi connectivity index (χ4n) is 1.98. The van der Waals surface area contributed by atoms with Crippen LogP contribution in [0.15, 0.2) is 24.3 Å². The summed E-state index contributed by atoms with van der Waals surface area (Å²) in [5.74, 6) is -1.11. The largest absolute Gasteiger partial charge is 0.481 e. The number of aliphatic carboxylic acids is 1. The van der Waals surface area contributed by atoms with Crippen molar-refractivity contribution >= 4 is 17.6 Å². The molecule has 5 heteroatoms. The first kappa shape index (κ1) is 17.2. The number of nitrogens with zero attached hydrogens (tertiary/aromatic N) is 1. The average Bonchev–Trinajstić information content (AvgIpc) is 2.47. The number of aryl methyl sites for hydroxylation is 1. The molecule has 0 aliphatic carbocycles. The lowest BCUT2D eigenvalue weighted by atomic mass is 9.98. The number of nitrogens with two attached hydrogens (primary N) is 1. The van der Waals surface area contributed by atoms with Crippen LogP contribution >= 0.6 is 0 Å². The van der Waals surface area contributed by atoms with Gasteiger partial charge in [0.05, 0.1) is 12.5 Å². The van der Waals surface area contributed by atoms with Crippen LogP contribution in [0.5, 0.6) is 0 Å². The molecule has 116 valence electrons. The summed E-state index contributed by atoms with van der Waals surface area (Å²) in [5.41, 5.74) is 7.77. The quantitative estimate of drug-likeness (QED) is 0.806. The van der Waals surface area contributed by atoms with E-state index in [0.29, 0.717) is 5.69 Å². The Bertz CT molecular complexity index is 485. The van der Waals surface area contributed by atoms with Crippen LogP contribution in [0.25, 0.3) is 0 Å². The van der Waals surface area contributed by atoms with Crippen molar-refractivity contribution in [3.05, 3.63) is 29.8 Å². The van der Waals surface area contributed by atoms with Crippen molar-refractivity contribution in [1.82, 2.24) is 0 Å². The lowest BCUT2D eigenvalue weighted by Crippen LogP contribution is -2.48. The van der Waals surface area contributed by atoms with Crippen LogP contribution in [0.1, 0.15) is 32.3 Å². The summed E-state index contributed by atoms with van der Waals surface area (Å²) in [7, 11) is 0. The summed E-state index contributed by atoms with van der Waals surface area (Å²) < 4.78 is 0. The van der Waals surface area contributed by atoms with E-state index >= 15 is 0 Å². The van der Waals surface area contributed by atoms with Gasteiger partial charge in [-0.25, -0.2) is 0 Å². The van der Waals surface area contributed by atoms with Crippen LogP contribution < -0.4 is 10.6 Å². The second-order valence-electron chi connectivity index (χ2n) is 5.38. The number of amides is 1. The van der Waals surface area contributed by atoms with Gasteiger partial charge in [-0.05, 0) is 25.0 Å². The molecule has 0 fully saturated rings. The van der Waals surface area contributed by atoms with Crippen molar-refractivity contribution < 1.29 is 14.7 Å². The summed E-state index contributed by atoms with van der Waals surface area (Å²) in [6, 6.07) is 6.80. The van der Waals surface area contributed by atoms with Gasteiger partial charge in [-0.2, -0.15) is 0 Å². The van der Waals surface area contributed by atoms with Crippen LogP contribution in [-0.2, 0) is 9.59 Å². The van der Waals surface area contributed by atoms with Gasteiger partial charge in [-0.15, -0.1) is 0 Å². The van der Waals surface area contributed by atoms with Crippen LogP contribution in [0, 0.1) is 12.8 Å². The summed E-state index contributed by atoms with van der Waals surface area (Å²) in [6.07, 6.45) is 0.695. The zero-order valence-electron chi connectivity index (χ0n) is 12.9. The Morgan fingerprint density at radius 2 is 1.86 bits per heavy atom. The molecule has 1 rings (SSSR count). The van der Waals surface area contributed by atoms with E-state index in [1.165, 1.54) is 4.90 Å². The molecule has 1 aromatic carbocycles. The van der Waals surface area contributed by atoms with Crippen LogP contribution in [0.2, 0.25) is 0 Å². The Balaban J connectivity index is 2.98. The summed E-state index contributed by atoms with van der Waals surface area (Å²) in [4.78, 5) is 24.8. The smallest absolute Gasteiger partial charge is 0.305 e. The summed E-state index contributed by atoms with van der Waals surface area (Å²) >= 11 is 0. The number of hydrogen-bond acceptors (Lipinski definition) is 3. The molecule has 1 amide bonds. The molecule has 0 unspecified atom stereocenters. The van der Waals surface area contributed by atoms with Gasteiger partial charge in [0.1, 0.15) is 0 Å². The molecule has 0 heterocycles.